The molecule has 2 bridgehead atoms. The van der Waals surface area contributed by atoms with Crippen LogP contribution in [0.15, 0.2) is 96.1 Å². The molecule has 3 aliphatic carbocycles. The monoisotopic (exact) mass is 578 g/mol. The topological polar surface area (TPSA) is 26.3 Å². The Bertz CT molecular complexity index is 1440. The van der Waals surface area contributed by atoms with E-state index in [0.717, 1.165) is 17.3 Å². The summed E-state index contributed by atoms with van der Waals surface area (Å²) in [7, 11) is -0.952. The van der Waals surface area contributed by atoms with Gasteiger partial charge in [-0.3, -0.25) is 0 Å². The number of rotatable bonds is 6. The molecule has 6 rings (SSSR count). The van der Waals surface area contributed by atoms with Crippen molar-refractivity contribution in [2.24, 2.45) is 23.7 Å². The highest BCUT2D eigenvalue weighted by atomic mass is 31.1. The number of fused-ring (bicyclic) bond motifs is 1. The lowest BCUT2D eigenvalue weighted by Crippen LogP contribution is -2.36. The Morgan fingerprint density at radius 2 is 1.31 bits per heavy atom. The molecule has 3 aliphatic rings. The molecule has 3 aromatic rings. The molecule has 2 nitrogen and oxygen atoms in total. The fraction of sp³-hybridized carbons (Fsp3) is 0.410. The molecule has 3 heteroatoms. The average Bonchev–Trinajstić information content (AvgIpc) is 2.93. The van der Waals surface area contributed by atoms with Crippen molar-refractivity contribution in [2.45, 2.75) is 79.6 Å². The molecule has 0 spiro atoms. The smallest absolute Gasteiger partial charge is 0.339 e. The third-order valence-corrected chi connectivity index (χ3v) is 11.6. The Balaban J connectivity index is 1.54. The largest absolute Gasteiger partial charge is 0.422 e. The summed E-state index contributed by atoms with van der Waals surface area (Å²) in [6.45, 7) is 20.2. The Kier molecular flexibility index (Phi) is 8.43. The van der Waals surface area contributed by atoms with E-state index in [1.165, 1.54) is 27.3 Å². The van der Waals surface area contributed by atoms with Gasteiger partial charge in [0.2, 0.25) is 0 Å². The van der Waals surface area contributed by atoms with Crippen LogP contribution in [0.4, 0.5) is 0 Å². The first-order chi connectivity index (χ1) is 19.7. The van der Waals surface area contributed by atoms with Crippen LogP contribution in [0.2, 0.25) is 0 Å². The Morgan fingerprint density at radius 1 is 0.786 bits per heavy atom. The molecule has 3 unspecified atom stereocenters. The van der Waals surface area contributed by atoms with E-state index in [0.29, 0.717) is 23.5 Å². The maximum atomic E-state index is 13.9. The lowest BCUT2D eigenvalue weighted by atomic mass is 9.63. The highest BCUT2D eigenvalue weighted by Crippen LogP contribution is 2.47. The first-order valence-electron chi connectivity index (χ1n) is 15.5. The summed E-state index contributed by atoms with van der Waals surface area (Å²) in [4.78, 5) is 13.9. The van der Waals surface area contributed by atoms with Crippen LogP contribution in [-0.2, 0) is 15.6 Å². The average molecular weight is 579 g/mol. The first-order valence-corrected chi connectivity index (χ1v) is 16.8. The van der Waals surface area contributed by atoms with Gasteiger partial charge in [-0.1, -0.05) is 140 Å². The van der Waals surface area contributed by atoms with E-state index < -0.39 is 7.92 Å². The second kappa shape index (κ2) is 11.6. The van der Waals surface area contributed by atoms with Crippen molar-refractivity contribution in [3.05, 3.63) is 107 Å². The molecule has 3 atom stereocenters. The van der Waals surface area contributed by atoms with Crippen molar-refractivity contribution in [3.63, 3.8) is 0 Å². The minimum atomic E-state index is -0.952. The lowest BCUT2D eigenvalue weighted by molar-refractivity contribution is -0.131. The normalized spacial score (nSPS) is 20.5. The van der Waals surface area contributed by atoms with Gasteiger partial charge in [0.05, 0.1) is 0 Å². The molecule has 0 radical (unpaired) electrons. The summed E-state index contributed by atoms with van der Waals surface area (Å²) < 4.78 is 6.36. The third kappa shape index (κ3) is 6.21. The van der Waals surface area contributed by atoms with Gasteiger partial charge < -0.3 is 4.74 Å². The van der Waals surface area contributed by atoms with Gasteiger partial charge in [0.15, 0.2) is 0 Å². The number of esters is 1. The fourth-order valence-electron chi connectivity index (χ4n) is 6.43. The zero-order valence-electron chi connectivity index (χ0n) is 26.9. The zero-order chi connectivity index (χ0) is 30.4. The minimum Gasteiger partial charge on any atom is -0.422 e. The van der Waals surface area contributed by atoms with Crippen LogP contribution in [-0.4, -0.2) is 5.97 Å². The number of carbonyl (C=O) groups excluding carboxylic acids is 1. The Hall–Kier alpha value is -2.96. The molecule has 3 aromatic carbocycles. The van der Waals surface area contributed by atoms with Gasteiger partial charge in [-0.05, 0) is 77.7 Å². The Morgan fingerprint density at radius 3 is 1.79 bits per heavy atom. The van der Waals surface area contributed by atoms with Crippen molar-refractivity contribution in [2.75, 3.05) is 0 Å². The van der Waals surface area contributed by atoms with Gasteiger partial charge in [0.1, 0.15) is 5.75 Å². The van der Waals surface area contributed by atoms with Crippen molar-refractivity contribution in [1.82, 2.24) is 0 Å². The number of para-hydroxylation sites is 1. The van der Waals surface area contributed by atoms with Crippen LogP contribution < -0.4 is 20.7 Å². The summed E-state index contributed by atoms with van der Waals surface area (Å²) in [5.74, 6) is 1.92. The molecular weight excluding hydrogens is 531 g/mol. The molecule has 0 aliphatic heterocycles. The molecule has 0 N–H and O–H groups in total. The molecule has 0 saturated carbocycles. The first kappa shape index (κ1) is 30.5. The Labute approximate surface area is 255 Å². The zero-order valence-corrected chi connectivity index (χ0v) is 27.8. The van der Waals surface area contributed by atoms with Gasteiger partial charge in [0, 0.05) is 16.8 Å². The van der Waals surface area contributed by atoms with E-state index in [9.17, 15) is 4.79 Å². The predicted octanol–water partition coefficient (Wildman–Crippen LogP) is 8.74. The van der Waals surface area contributed by atoms with Gasteiger partial charge in [-0.2, -0.15) is 0 Å². The lowest BCUT2D eigenvalue weighted by Gasteiger charge is -2.41. The number of benzene rings is 3. The van der Waals surface area contributed by atoms with Gasteiger partial charge >= 0.3 is 5.97 Å². The van der Waals surface area contributed by atoms with Gasteiger partial charge in [-0.15, -0.1) is 0 Å². The maximum Gasteiger partial charge on any atom is 0.339 e. The van der Waals surface area contributed by atoms with E-state index in [1.807, 2.05) is 12.1 Å². The van der Waals surface area contributed by atoms with Crippen LogP contribution in [0.3, 0.4) is 0 Å². The summed E-state index contributed by atoms with van der Waals surface area (Å²) in [5.41, 5.74) is 5.00. The molecule has 42 heavy (non-hydrogen) atoms. The molecule has 0 fully saturated rings. The van der Waals surface area contributed by atoms with Crippen LogP contribution in [0, 0.1) is 23.7 Å². The summed E-state index contributed by atoms with van der Waals surface area (Å²) >= 11 is 0. The minimum absolute atomic E-state index is 0.0802. The number of carbonyl (C=O) groups is 1. The molecule has 0 saturated heterocycles. The second-order valence-electron chi connectivity index (χ2n) is 14.6. The van der Waals surface area contributed by atoms with Crippen LogP contribution in [0.1, 0.15) is 79.9 Å². The van der Waals surface area contributed by atoms with E-state index in [-0.39, 0.29) is 22.7 Å². The molecule has 220 valence electrons. The SMILES string of the molecule is CC1=CC2C(C(=O)Oc3ccccc3P(c3ccc(C(C)(C)C)cc3)c3ccc(C(C)(C)C)cc3)=CC1CC2C(C)C. The van der Waals surface area contributed by atoms with Crippen LogP contribution in [0.5, 0.6) is 5.75 Å². The number of ether oxygens (including phenoxy) is 1. The maximum absolute atomic E-state index is 13.9. The van der Waals surface area contributed by atoms with Gasteiger partial charge in [0.25, 0.3) is 0 Å². The molecule has 0 heterocycles. The quantitative estimate of drug-likeness (QED) is 0.127. The number of hydrogen-bond donors (Lipinski definition) is 0. The molecule has 0 amide bonds. The van der Waals surface area contributed by atoms with Crippen molar-refractivity contribution >= 4 is 29.8 Å². The van der Waals surface area contributed by atoms with Crippen LogP contribution >= 0.6 is 7.92 Å². The summed E-state index contributed by atoms with van der Waals surface area (Å²) in [6.07, 6.45) is 5.63. The third-order valence-electron chi connectivity index (χ3n) is 9.14. The highest BCUT2D eigenvalue weighted by Gasteiger charge is 2.40. The molecule has 0 aromatic heterocycles. The van der Waals surface area contributed by atoms with E-state index in [1.54, 1.807) is 0 Å². The summed E-state index contributed by atoms with van der Waals surface area (Å²) in [5, 5.41) is 3.57. The van der Waals surface area contributed by atoms with Crippen molar-refractivity contribution in [3.8, 4) is 5.75 Å². The van der Waals surface area contributed by atoms with E-state index >= 15 is 0 Å². The molecular formula is C39H47O2P. The number of hydrogen-bond acceptors (Lipinski definition) is 2. The van der Waals surface area contributed by atoms with E-state index in [2.05, 4.69) is 135 Å². The van der Waals surface area contributed by atoms with Crippen molar-refractivity contribution in [1.29, 1.82) is 0 Å². The van der Waals surface area contributed by atoms with E-state index in [4.69, 9.17) is 4.74 Å². The fourth-order valence-corrected chi connectivity index (χ4v) is 8.75. The van der Waals surface area contributed by atoms with Crippen LogP contribution in [0.25, 0.3) is 0 Å². The number of allylic oxidation sites excluding steroid dienone is 3. The van der Waals surface area contributed by atoms with Crippen molar-refractivity contribution < 1.29 is 9.53 Å². The second-order valence-corrected chi connectivity index (χ2v) is 16.8. The van der Waals surface area contributed by atoms with Gasteiger partial charge in [-0.25, -0.2) is 4.79 Å². The summed E-state index contributed by atoms with van der Waals surface area (Å²) in [6, 6.07) is 26.3. The highest BCUT2D eigenvalue weighted by molar-refractivity contribution is 7.80. The predicted molar refractivity (Wildman–Crippen MR) is 180 cm³/mol. The standard InChI is InChI=1S/C39H47O2P/c1-25(2)32-23-27-24-34(33(32)22-26(27)3)37(40)41-35-12-10-11-13-36(35)42(30-18-14-28(15-19-30)38(4,5)6)31-20-16-29(17-21-31)39(7,8)9/h10-22,24-25,27,32-33H,23H2,1-9H3.